The zero-order chi connectivity index (χ0) is 15.9. The zero-order valence-electron chi connectivity index (χ0n) is 13.4. The van der Waals surface area contributed by atoms with Crippen molar-refractivity contribution in [1.82, 2.24) is 15.1 Å². The van der Waals surface area contributed by atoms with Gasteiger partial charge >= 0.3 is 6.09 Å². The lowest BCUT2D eigenvalue weighted by molar-refractivity contribution is 0.0635. The first kappa shape index (κ1) is 17.2. The third-order valence-corrected chi connectivity index (χ3v) is 2.38. The number of aromatic nitrogens is 2. The molecular formula is C14H25N5O2. The number of nitrogens with zero attached hydrogens (tertiary/aromatic N) is 3. The van der Waals surface area contributed by atoms with Crippen molar-refractivity contribution in [2.24, 2.45) is 0 Å². The van der Waals surface area contributed by atoms with Crippen molar-refractivity contribution in [3.63, 3.8) is 0 Å². The molecule has 0 aliphatic heterocycles. The molecule has 0 atom stereocenters. The summed E-state index contributed by atoms with van der Waals surface area (Å²) in [6.45, 7) is 7.25. The summed E-state index contributed by atoms with van der Waals surface area (Å²) in [4.78, 5) is 13.7. The Kier molecular flexibility index (Phi) is 6.36. The lowest BCUT2D eigenvalue weighted by atomic mass is 10.2. The average molecular weight is 295 g/mol. The number of carbonyl (C=O) groups is 1. The van der Waals surface area contributed by atoms with Gasteiger partial charge in [-0.2, -0.15) is 0 Å². The molecule has 2 N–H and O–H groups in total. The van der Waals surface area contributed by atoms with E-state index in [1.165, 1.54) is 0 Å². The molecule has 7 nitrogen and oxygen atoms in total. The summed E-state index contributed by atoms with van der Waals surface area (Å²) in [7, 11) is 4.08. The summed E-state index contributed by atoms with van der Waals surface area (Å²) in [6, 6.07) is 3.46. The molecule has 118 valence electrons. The standard InChI is InChI=1S/C14H25N5O2/c1-14(2,3)21-13(20)16-12-8-7-11(17-18-12)15-9-6-10-19(4)5/h7-8H,6,9-10H2,1-5H3,(H,15,17)(H,16,18,20). The third-order valence-electron chi connectivity index (χ3n) is 2.38. The zero-order valence-corrected chi connectivity index (χ0v) is 13.4. The molecular weight excluding hydrogens is 270 g/mol. The number of anilines is 2. The van der Waals surface area contributed by atoms with Crippen LogP contribution in [0.25, 0.3) is 0 Å². The molecule has 0 bridgehead atoms. The van der Waals surface area contributed by atoms with E-state index < -0.39 is 11.7 Å². The van der Waals surface area contributed by atoms with Gasteiger partial charge in [-0.1, -0.05) is 0 Å². The van der Waals surface area contributed by atoms with E-state index in [2.05, 4.69) is 25.7 Å². The first-order valence-corrected chi connectivity index (χ1v) is 6.98. The predicted molar refractivity (Wildman–Crippen MR) is 83.5 cm³/mol. The quantitative estimate of drug-likeness (QED) is 0.783. The number of carbonyl (C=O) groups excluding carboxylic acids is 1. The van der Waals surface area contributed by atoms with E-state index in [1.807, 2.05) is 14.1 Å². The van der Waals surface area contributed by atoms with Gasteiger partial charge in [0, 0.05) is 6.54 Å². The topological polar surface area (TPSA) is 79.4 Å². The lowest BCUT2D eigenvalue weighted by Crippen LogP contribution is -2.27. The fourth-order valence-corrected chi connectivity index (χ4v) is 1.51. The van der Waals surface area contributed by atoms with E-state index >= 15 is 0 Å². The molecule has 1 rings (SSSR count). The maximum atomic E-state index is 11.6. The minimum Gasteiger partial charge on any atom is -0.444 e. The Balaban J connectivity index is 2.38. The molecule has 1 aromatic heterocycles. The fourth-order valence-electron chi connectivity index (χ4n) is 1.51. The van der Waals surface area contributed by atoms with Crippen LogP contribution in [0.3, 0.4) is 0 Å². The SMILES string of the molecule is CN(C)CCCNc1ccc(NC(=O)OC(C)(C)C)nn1. The highest BCUT2D eigenvalue weighted by atomic mass is 16.6. The molecule has 0 unspecified atom stereocenters. The van der Waals surface area contributed by atoms with Crippen LogP contribution in [-0.2, 0) is 4.74 Å². The second-order valence-corrected chi connectivity index (χ2v) is 6.01. The summed E-state index contributed by atoms with van der Waals surface area (Å²) in [5.74, 6) is 1.05. The largest absolute Gasteiger partial charge is 0.444 e. The molecule has 0 fully saturated rings. The lowest BCUT2D eigenvalue weighted by Gasteiger charge is -2.19. The van der Waals surface area contributed by atoms with E-state index in [-0.39, 0.29) is 0 Å². The Morgan fingerprint density at radius 2 is 1.86 bits per heavy atom. The van der Waals surface area contributed by atoms with E-state index in [0.29, 0.717) is 11.6 Å². The van der Waals surface area contributed by atoms with Crippen LogP contribution in [0.15, 0.2) is 12.1 Å². The van der Waals surface area contributed by atoms with E-state index in [1.54, 1.807) is 32.9 Å². The minimum absolute atomic E-state index is 0.364. The Labute approximate surface area is 126 Å². The summed E-state index contributed by atoms with van der Waals surface area (Å²) in [5.41, 5.74) is -0.536. The number of nitrogens with one attached hydrogen (secondary N) is 2. The number of amides is 1. The highest BCUT2D eigenvalue weighted by Gasteiger charge is 2.16. The van der Waals surface area contributed by atoms with E-state index in [9.17, 15) is 4.79 Å². The van der Waals surface area contributed by atoms with Crippen molar-refractivity contribution in [1.29, 1.82) is 0 Å². The average Bonchev–Trinajstić information content (AvgIpc) is 2.34. The Morgan fingerprint density at radius 1 is 1.24 bits per heavy atom. The van der Waals surface area contributed by atoms with Crippen LogP contribution in [-0.4, -0.2) is 54.0 Å². The van der Waals surface area contributed by atoms with Gasteiger partial charge in [0.25, 0.3) is 0 Å². The number of hydrogen-bond donors (Lipinski definition) is 2. The van der Waals surface area contributed by atoms with Crippen molar-refractivity contribution in [3.05, 3.63) is 12.1 Å². The monoisotopic (exact) mass is 295 g/mol. The van der Waals surface area contributed by atoms with Gasteiger partial charge in [0.05, 0.1) is 0 Å². The molecule has 0 radical (unpaired) electrons. The predicted octanol–water partition coefficient (Wildman–Crippen LogP) is 2.19. The second kappa shape index (κ2) is 7.78. The van der Waals surface area contributed by atoms with Crippen LogP contribution in [0.1, 0.15) is 27.2 Å². The van der Waals surface area contributed by atoms with E-state index in [4.69, 9.17) is 4.74 Å². The summed E-state index contributed by atoms with van der Waals surface area (Å²) in [5, 5.41) is 13.6. The van der Waals surface area contributed by atoms with Gasteiger partial charge in [0.2, 0.25) is 0 Å². The van der Waals surface area contributed by atoms with Gasteiger partial charge in [0.1, 0.15) is 11.4 Å². The van der Waals surface area contributed by atoms with Gasteiger partial charge in [-0.15, -0.1) is 10.2 Å². The van der Waals surface area contributed by atoms with Gasteiger partial charge in [-0.3, -0.25) is 5.32 Å². The second-order valence-electron chi connectivity index (χ2n) is 6.01. The number of ether oxygens (including phenoxy) is 1. The smallest absolute Gasteiger partial charge is 0.413 e. The maximum Gasteiger partial charge on any atom is 0.413 e. The molecule has 0 saturated heterocycles. The summed E-state index contributed by atoms with van der Waals surface area (Å²) < 4.78 is 5.14. The first-order chi connectivity index (χ1) is 9.76. The van der Waals surface area contributed by atoms with Gasteiger partial charge < -0.3 is 15.0 Å². The van der Waals surface area contributed by atoms with Crippen molar-refractivity contribution >= 4 is 17.7 Å². The highest BCUT2D eigenvalue weighted by Crippen LogP contribution is 2.10. The Morgan fingerprint density at radius 3 is 2.38 bits per heavy atom. The Bertz CT molecular complexity index is 440. The van der Waals surface area contributed by atoms with Crippen LogP contribution >= 0.6 is 0 Å². The molecule has 0 aliphatic rings. The molecule has 1 amide bonds. The molecule has 0 aromatic carbocycles. The molecule has 1 heterocycles. The van der Waals surface area contributed by atoms with Crippen LogP contribution in [0.4, 0.5) is 16.4 Å². The van der Waals surface area contributed by atoms with Crippen molar-refractivity contribution in [2.45, 2.75) is 32.8 Å². The highest BCUT2D eigenvalue weighted by molar-refractivity contribution is 5.83. The van der Waals surface area contributed by atoms with Crippen LogP contribution in [0.2, 0.25) is 0 Å². The van der Waals surface area contributed by atoms with Gasteiger partial charge in [-0.05, 0) is 60.0 Å². The molecule has 0 aliphatic carbocycles. The molecule has 7 heteroatoms. The third kappa shape index (κ3) is 8.09. The van der Waals surface area contributed by atoms with Crippen molar-refractivity contribution < 1.29 is 9.53 Å². The Hall–Kier alpha value is -1.89. The molecule has 21 heavy (non-hydrogen) atoms. The van der Waals surface area contributed by atoms with Crippen LogP contribution < -0.4 is 10.6 Å². The fraction of sp³-hybridized carbons (Fsp3) is 0.643. The van der Waals surface area contributed by atoms with Crippen LogP contribution in [0.5, 0.6) is 0 Å². The van der Waals surface area contributed by atoms with Gasteiger partial charge in [-0.25, -0.2) is 4.79 Å². The first-order valence-electron chi connectivity index (χ1n) is 6.98. The summed E-state index contributed by atoms with van der Waals surface area (Å²) in [6.07, 6.45) is 0.482. The minimum atomic E-state index is -0.538. The van der Waals surface area contributed by atoms with Crippen molar-refractivity contribution in [3.8, 4) is 0 Å². The van der Waals surface area contributed by atoms with Crippen LogP contribution in [0, 0.1) is 0 Å². The molecule has 0 spiro atoms. The van der Waals surface area contributed by atoms with Crippen molar-refractivity contribution in [2.75, 3.05) is 37.8 Å². The number of rotatable bonds is 6. The normalized spacial score (nSPS) is 11.3. The summed E-state index contributed by atoms with van der Waals surface area (Å²) >= 11 is 0. The van der Waals surface area contributed by atoms with Gasteiger partial charge in [0.15, 0.2) is 5.82 Å². The maximum absolute atomic E-state index is 11.6. The molecule has 1 aromatic rings. The molecule has 0 saturated carbocycles. The number of hydrogen-bond acceptors (Lipinski definition) is 6. The van der Waals surface area contributed by atoms with E-state index in [0.717, 1.165) is 19.5 Å².